The molecule has 2 aromatic carbocycles. The SMILES string of the molecule is CC(O)CNCC1CCc2cc(I)ccc2O1.CC1CO1.NCC1CCc2cc(I)ccc2O1. The van der Waals surface area contributed by atoms with Crippen LogP contribution in [0.2, 0.25) is 0 Å². The summed E-state index contributed by atoms with van der Waals surface area (Å²) in [5.41, 5.74) is 8.19. The smallest absolute Gasteiger partial charge is 0.123 e. The van der Waals surface area contributed by atoms with Gasteiger partial charge in [-0.05, 0) is 132 Å². The third-order valence-corrected chi connectivity index (χ3v) is 7.02. The first-order valence-corrected chi connectivity index (χ1v) is 14.1. The summed E-state index contributed by atoms with van der Waals surface area (Å²) in [7, 11) is 0. The lowest BCUT2D eigenvalue weighted by Gasteiger charge is -2.26. The van der Waals surface area contributed by atoms with Crippen molar-refractivity contribution in [1.82, 2.24) is 5.32 Å². The molecule has 0 radical (unpaired) electrons. The number of fused-ring (bicyclic) bond motifs is 2. The lowest BCUT2D eigenvalue weighted by molar-refractivity contribution is 0.153. The van der Waals surface area contributed by atoms with Crippen molar-refractivity contribution in [2.24, 2.45) is 5.73 Å². The molecule has 3 heterocycles. The van der Waals surface area contributed by atoms with Gasteiger partial charge in [-0.3, -0.25) is 0 Å². The summed E-state index contributed by atoms with van der Waals surface area (Å²) in [5.74, 6) is 2.03. The Bertz CT molecular complexity index is 908. The van der Waals surface area contributed by atoms with Gasteiger partial charge in [0.05, 0.1) is 18.8 Å². The van der Waals surface area contributed by atoms with E-state index in [1.807, 2.05) is 6.07 Å². The van der Waals surface area contributed by atoms with Crippen molar-refractivity contribution in [3.05, 3.63) is 54.7 Å². The molecule has 0 amide bonds. The van der Waals surface area contributed by atoms with Crippen LogP contribution in [0.4, 0.5) is 0 Å². The van der Waals surface area contributed by atoms with Gasteiger partial charge in [0.25, 0.3) is 0 Å². The average molecular weight is 694 g/mol. The molecule has 5 rings (SSSR count). The second-order valence-corrected chi connectivity index (χ2v) is 11.4. The van der Waals surface area contributed by atoms with Crippen LogP contribution in [0.25, 0.3) is 0 Å². The Hall–Kier alpha value is -0.660. The Kier molecular flexibility index (Phi) is 11.6. The Balaban J connectivity index is 0.000000167. The maximum absolute atomic E-state index is 9.17. The number of nitrogens with two attached hydrogens (primary N) is 1. The number of benzene rings is 2. The number of rotatable bonds is 5. The Labute approximate surface area is 230 Å². The van der Waals surface area contributed by atoms with Crippen molar-refractivity contribution in [3.8, 4) is 11.5 Å². The molecule has 0 spiro atoms. The zero-order valence-corrected chi connectivity index (χ0v) is 24.3. The summed E-state index contributed by atoms with van der Waals surface area (Å²) in [6, 6.07) is 12.6. The number of epoxide rings is 1. The molecular formula is C26H36I2N2O4. The lowest BCUT2D eigenvalue weighted by atomic mass is 10.0. The van der Waals surface area contributed by atoms with Crippen LogP contribution >= 0.6 is 45.2 Å². The van der Waals surface area contributed by atoms with Gasteiger partial charge in [-0.2, -0.15) is 0 Å². The summed E-state index contributed by atoms with van der Waals surface area (Å²) in [6.45, 7) is 6.87. The summed E-state index contributed by atoms with van der Waals surface area (Å²) < 4.78 is 18.9. The van der Waals surface area contributed by atoms with E-state index in [9.17, 15) is 0 Å². The van der Waals surface area contributed by atoms with Crippen molar-refractivity contribution in [2.75, 3.05) is 26.2 Å². The monoisotopic (exact) mass is 694 g/mol. The maximum atomic E-state index is 9.17. The van der Waals surface area contributed by atoms with Crippen molar-refractivity contribution in [1.29, 1.82) is 0 Å². The number of aliphatic hydroxyl groups is 1. The summed E-state index contributed by atoms with van der Waals surface area (Å²) in [6.07, 6.45) is 4.98. The number of aryl methyl sites for hydroxylation is 2. The Morgan fingerprint density at radius 3 is 1.97 bits per heavy atom. The van der Waals surface area contributed by atoms with Gasteiger partial charge in [-0.25, -0.2) is 0 Å². The Morgan fingerprint density at radius 1 is 1.00 bits per heavy atom. The molecule has 4 unspecified atom stereocenters. The fraction of sp³-hybridized carbons (Fsp3) is 0.538. The standard InChI is InChI=1S/C13H18INO2.C10H12INO.C3H6O/c1-9(16)7-15-8-12-4-2-10-6-11(14)3-5-13(10)17-12;11-8-2-4-10-7(5-8)1-3-9(6-12)13-10;1-3-2-4-3/h3,5-6,9,12,15-16H,2,4,7-8H2,1H3;2,4-5,9H,1,3,6,12H2;3H,2H2,1H3. The lowest BCUT2D eigenvalue weighted by Crippen LogP contribution is -2.37. The third-order valence-electron chi connectivity index (χ3n) is 5.68. The molecule has 0 aliphatic carbocycles. The van der Waals surface area contributed by atoms with Crippen molar-refractivity contribution in [2.45, 2.75) is 63.9 Å². The largest absolute Gasteiger partial charge is 0.489 e. The number of hydrogen-bond donors (Lipinski definition) is 3. The molecule has 8 heteroatoms. The molecule has 3 aliphatic rings. The quantitative estimate of drug-likeness (QED) is 0.320. The van der Waals surface area contributed by atoms with E-state index in [2.05, 4.69) is 87.8 Å². The van der Waals surface area contributed by atoms with Crippen molar-refractivity contribution >= 4 is 45.2 Å². The second-order valence-electron chi connectivity index (χ2n) is 8.95. The van der Waals surface area contributed by atoms with Crippen LogP contribution in [0.15, 0.2) is 36.4 Å². The van der Waals surface area contributed by atoms with E-state index in [0.717, 1.165) is 50.3 Å². The van der Waals surface area contributed by atoms with Crippen LogP contribution in [0, 0.1) is 7.14 Å². The molecule has 1 fully saturated rings. The molecule has 4 N–H and O–H groups in total. The van der Waals surface area contributed by atoms with Gasteiger partial charge < -0.3 is 30.4 Å². The molecule has 0 saturated carbocycles. The molecule has 0 bridgehead atoms. The van der Waals surface area contributed by atoms with Crippen LogP contribution in [-0.4, -0.2) is 55.8 Å². The number of halogens is 2. The van der Waals surface area contributed by atoms with Crippen LogP contribution < -0.4 is 20.5 Å². The zero-order valence-electron chi connectivity index (χ0n) is 19.9. The topological polar surface area (TPSA) is 89.3 Å². The molecule has 0 aromatic heterocycles. The normalized spacial score (nSPS) is 22.8. The van der Waals surface area contributed by atoms with E-state index in [-0.39, 0.29) is 18.3 Å². The van der Waals surface area contributed by atoms with Crippen LogP contribution in [0.1, 0.15) is 37.8 Å². The highest BCUT2D eigenvalue weighted by molar-refractivity contribution is 14.1. The first-order valence-electron chi connectivity index (χ1n) is 11.9. The summed E-state index contributed by atoms with van der Waals surface area (Å²) >= 11 is 4.65. The summed E-state index contributed by atoms with van der Waals surface area (Å²) in [4.78, 5) is 0. The minimum absolute atomic E-state index is 0.215. The van der Waals surface area contributed by atoms with Crippen LogP contribution in [0.5, 0.6) is 11.5 Å². The van der Waals surface area contributed by atoms with Gasteiger partial charge in [-0.15, -0.1) is 0 Å². The van der Waals surface area contributed by atoms with Gasteiger partial charge in [0.1, 0.15) is 23.7 Å². The van der Waals surface area contributed by atoms with Gasteiger partial charge in [0.15, 0.2) is 0 Å². The van der Waals surface area contributed by atoms with E-state index in [0.29, 0.717) is 19.2 Å². The molecule has 34 heavy (non-hydrogen) atoms. The van der Waals surface area contributed by atoms with E-state index in [1.165, 1.54) is 18.3 Å². The van der Waals surface area contributed by atoms with Crippen LogP contribution in [0.3, 0.4) is 0 Å². The highest BCUT2D eigenvalue weighted by Crippen LogP contribution is 2.29. The van der Waals surface area contributed by atoms with E-state index in [4.69, 9.17) is 25.1 Å². The molecule has 6 nitrogen and oxygen atoms in total. The van der Waals surface area contributed by atoms with Gasteiger partial charge >= 0.3 is 0 Å². The maximum Gasteiger partial charge on any atom is 0.123 e. The number of hydrogen-bond acceptors (Lipinski definition) is 6. The van der Waals surface area contributed by atoms with Crippen LogP contribution in [-0.2, 0) is 17.6 Å². The van der Waals surface area contributed by atoms with Gasteiger partial charge in [0.2, 0.25) is 0 Å². The van der Waals surface area contributed by atoms with Crippen molar-refractivity contribution < 1.29 is 19.3 Å². The number of nitrogens with one attached hydrogen (secondary N) is 1. The molecular weight excluding hydrogens is 658 g/mol. The van der Waals surface area contributed by atoms with Gasteiger partial charge in [-0.1, -0.05) is 0 Å². The minimum Gasteiger partial charge on any atom is -0.489 e. The third kappa shape index (κ3) is 9.77. The number of ether oxygens (including phenoxy) is 3. The molecule has 2 aromatic rings. The van der Waals surface area contributed by atoms with Crippen molar-refractivity contribution in [3.63, 3.8) is 0 Å². The molecule has 4 atom stereocenters. The van der Waals surface area contributed by atoms with E-state index >= 15 is 0 Å². The molecule has 188 valence electrons. The van der Waals surface area contributed by atoms with E-state index < -0.39 is 0 Å². The average Bonchev–Trinajstić information content (AvgIpc) is 3.61. The number of aliphatic hydroxyl groups excluding tert-OH is 1. The van der Waals surface area contributed by atoms with E-state index in [1.54, 1.807) is 6.92 Å². The first-order chi connectivity index (χ1) is 16.3. The van der Waals surface area contributed by atoms with Gasteiger partial charge in [0, 0.05) is 26.8 Å². The first kappa shape index (κ1) is 27.9. The minimum atomic E-state index is -0.299. The predicted octanol–water partition coefficient (Wildman–Crippen LogP) is 4.30. The zero-order chi connectivity index (χ0) is 24.5. The molecule has 1 saturated heterocycles. The highest BCUT2D eigenvalue weighted by Gasteiger charge is 2.20. The highest BCUT2D eigenvalue weighted by atomic mass is 127. The fourth-order valence-corrected chi connectivity index (χ4v) is 4.80. The fourth-order valence-electron chi connectivity index (χ4n) is 3.69. The second kappa shape index (κ2) is 14.2. The summed E-state index contributed by atoms with van der Waals surface area (Å²) in [5, 5.41) is 12.4. The Morgan fingerprint density at radius 2 is 1.50 bits per heavy atom. The molecule has 3 aliphatic heterocycles. The predicted molar refractivity (Wildman–Crippen MR) is 153 cm³/mol.